The zero-order valence-corrected chi connectivity index (χ0v) is 8.65. The number of imidazole rings is 1. The summed E-state index contributed by atoms with van der Waals surface area (Å²) in [5.41, 5.74) is 3.01. The lowest BCUT2D eigenvalue weighted by molar-refractivity contribution is 0.0948. The molecule has 0 bridgehead atoms. The highest BCUT2D eigenvalue weighted by molar-refractivity contribution is 9.10. The van der Waals surface area contributed by atoms with Crippen LogP contribution in [0.2, 0.25) is 0 Å². The van der Waals surface area contributed by atoms with Gasteiger partial charge in [0.2, 0.25) is 0 Å². The van der Waals surface area contributed by atoms with E-state index in [1.807, 2.05) is 17.6 Å². The van der Waals surface area contributed by atoms with Crippen LogP contribution in [0.25, 0.3) is 5.65 Å². The molecule has 0 aliphatic rings. The van der Waals surface area contributed by atoms with Gasteiger partial charge in [-0.05, 0) is 28.1 Å². The smallest absolute Gasteiger partial charge is 0.286 e. The van der Waals surface area contributed by atoms with Crippen molar-refractivity contribution in [3.8, 4) is 0 Å². The number of carbonyl (C=O) groups excluding carboxylic acids is 1. The van der Waals surface area contributed by atoms with Crippen LogP contribution < -0.4 is 11.3 Å². The third kappa shape index (κ3) is 1.28. The number of rotatable bonds is 1. The van der Waals surface area contributed by atoms with Gasteiger partial charge in [-0.2, -0.15) is 0 Å². The second-order valence-electron chi connectivity index (χ2n) is 2.65. The number of carbonyl (C=O) groups is 1. The van der Waals surface area contributed by atoms with Crippen LogP contribution in [-0.2, 0) is 0 Å². The van der Waals surface area contributed by atoms with Gasteiger partial charge < -0.3 is 0 Å². The molecule has 14 heavy (non-hydrogen) atoms. The number of nitrogens with two attached hydrogens (primary N) is 1. The average molecular weight is 255 g/mol. The number of hydrazine groups is 1. The van der Waals surface area contributed by atoms with E-state index in [0.717, 1.165) is 0 Å². The zero-order chi connectivity index (χ0) is 10.1. The van der Waals surface area contributed by atoms with Gasteiger partial charge in [0.25, 0.3) is 5.91 Å². The van der Waals surface area contributed by atoms with Crippen LogP contribution in [0, 0.1) is 0 Å². The number of nitrogens with zero attached hydrogens (tertiary/aromatic N) is 2. The molecular weight excluding hydrogens is 248 g/mol. The number of halogens is 1. The Morgan fingerprint density at radius 1 is 1.57 bits per heavy atom. The summed E-state index contributed by atoms with van der Waals surface area (Å²) in [6, 6.07) is 5.50. The van der Waals surface area contributed by atoms with Gasteiger partial charge >= 0.3 is 0 Å². The molecule has 1 amide bonds. The number of nitrogen functional groups attached to an aromatic ring is 1. The largest absolute Gasteiger partial charge is 0.294 e. The first-order valence-electron chi connectivity index (χ1n) is 3.87. The van der Waals surface area contributed by atoms with Crippen molar-refractivity contribution in [2.75, 3.05) is 0 Å². The maximum atomic E-state index is 11.3. The number of amides is 1. The number of aromatic nitrogens is 2. The van der Waals surface area contributed by atoms with E-state index < -0.39 is 5.91 Å². The molecule has 72 valence electrons. The van der Waals surface area contributed by atoms with Gasteiger partial charge in [-0.15, -0.1) is 0 Å². The normalized spacial score (nSPS) is 10.4. The topological polar surface area (TPSA) is 72.4 Å². The standard InChI is InChI=1S/C8H7BrN4O/c9-7-6(8(14)12-10)11-5-3-1-2-4-13(5)7/h1-4H,10H2,(H,12,14). The Labute approximate surface area is 88.0 Å². The van der Waals surface area contributed by atoms with E-state index in [9.17, 15) is 4.79 Å². The Hall–Kier alpha value is -1.40. The molecule has 3 N–H and O–H groups in total. The molecule has 2 aromatic rings. The van der Waals surface area contributed by atoms with Crippen LogP contribution in [0.4, 0.5) is 0 Å². The van der Waals surface area contributed by atoms with Gasteiger partial charge in [-0.3, -0.25) is 14.6 Å². The van der Waals surface area contributed by atoms with Gasteiger partial charge in [-0.25, -0.2) is 10.8 Å². The van der Waals surface area contributed by atoms with Crippen molar-refractivity contribution in [1.29, 1.82) is 0 Å². The van der Waals surface area contributed by atoms with E-state index >= 15 is 0 Å². The summed E-state index contributed by atoms with van der Waals surface area (Å²) in [4.78, 5) is 15.4. The fourth-order valence-corrected chi connectivity index (χ4v) is 1.75. The molecule has 2 heterocycles. The molecule has 0 radical (unpaired) electrons. The number of fused-ring (bicyclic) bond motifs is 1. The fraction of sp³-hybridized carbons (Fsp3) is 0. The molecule has 0 saturated heterocycles. The first-order chi connectivity index (χ1) is 6.74. The summed E-state index contributed by atoms with van der Waals surface area (Å²) in [5.74, 6) is 4.61. The second kappa shape index (κ2) is 3.39. The van der Waals surface area contributed by atoms with E-state index in [1.165, 1.54) is 0 Å². The first-order valence-corrected chi connectivity index (χ1v) is 4.67. The molecule has 2 rings (SSSR count). The highest BCUT2D eigenvalue weighted by atomic mass is 79.9. The Morgan fingerprint density at radius 2 is 2.36 bits per heavy atom. The van der Waals surface area contributed by atoms with Crippen molar-refractivity contribution >= 4 is 27.5 Å². The van der Waals surface area contributed by atoms with Crippen LogP contribution in [0.5, 0.6) is 0 Å². The third-order valence-electron chi connectivity index (χ3n) is 1.82. The maximum Gasteiger partial charge on any atom is 0.286 e. The number of hydrogen-bond donors (Lipinski definition) is 2. The zero-order valence-electron chi connectivity index (χ0n) is 7.07. The Kier molecular flexibility index (Phi) is 2.22. The minimum Gasteiger partial charge on any atom is -0.294 e. The quantitative estimate of drug-likeness (QED) is 0.447. The van der Waals surface area contributed by atoms with Crippen LogP contribution in [-0.4, -0.2) is 15.3 Å². The van der Waals surface area contributed by atoms with Crippen molar-refractivity contribution in [3.05, 3.63) is 34.7 Å². The summed E-state index contributed by atoms with van der Waals surface area (Å²) in [6.07, 6.45) is 1.81. The van der Waals surface area contributed by atoms with E-state index in [4.69, 9.17) is 5.84 Å². The van der Waals surface area contributed by atoms with E-state index in [-0.39, 0.29) is 5.69 Å². The molecule has 0 aliphatic carbocycles. The molecule has 0 aromatic carbocycles. The summed E-state index contributed by atoms with van der Waals surface area (Å²) in [6.45, 7) is 0. The molecule has 0 fully saturated rings. The van der Waals surface area contributed by atoms with Crippen LogP contribution >= 0.6 is 15.9 Å². The van der Waals surface area contributed by atoms with E-state index in [0.29, 0.717) is 10.3 Å². The predicted octanol–water partition coefficient (Wildman–Crippen LogP) is 0.700. The molecule has 0 unspecified atom stereocenters. The molecule has 6 heteroatoms. The van der Waals surface area contributed by atoms with Crippen LogP contribution in [0.1, 0.15) is 10.5 Å². The fourth-order valence-electron chi connectivity index (χ4n) is 1.18. The van der Waals surface area contributed by atoms with E-state index in [1.54, 1.807) is 16.7 Å². The van der Waals surface area contributed by atoms with Gasteiger partial charge in [-0.1, -0.05) is 6.07 Å². The summed E-state index contributed by atoms with van der Waals surface area (Å²) < 4.78 is 2.35. The lowest BCUT2D eigenvalue weighted by atomic mass is 10.5. The second-order valence-corrected chi connectivity index (χ2v) is 3.40. The highest BCUT2D eigenvalue weighted by Gasteiger charge is 2.15. The molecule has 0 saturated carbocycles. The molecule has 2 aromatic heterocycles. The molecule has 0 aliphatic heterocycles. The highest BCUT2D eigenvalue weighted by Crippen LogP contribution is 2.18. The van der Waals surface area contributed by atoms with E-state index in [2.05, 4.69) is 20.9 Å². The number of nitrogens with one attached hydrogen (secondary N) is 1. The molecule has 5 nitrogen and oxygen atoms in total. The summed E-state index contributed by atoms with van der Waals surface area (Å²) in [7, 11) is 0. The molecule has 0 spiro atoms. The SMILES string of the molecule is NNC(=O)c1nc2ccccn2c1Br. The van der Waals surface area contributed by atoms with Gasteiger partial charge in [0.05, 0.1) is 0 Å². The summed E-state index contributed by atoms with van der Waals surface area (Å²) >= 11 is 3.28. The predicted molar refractivity (Wildman–Crippen MR) is 54.5 cm³/mol. The Bertz CT molecular complexity index is 493. The molecule has 0 atom stereocenters. The lowest BCUT2D eigenvalue weighted by Crippen LogP contribution is -2.30. The van der Waals surface area contributed by atoms with Crippen LogP contribution in [0.15, 0.2) is 29.0 Å². The van der Waals surface area contributed by atoms with Crippen molar-refractivity contribution in [2.24, 2.45) is 5.84 Å². The van der Waals surface area contributed by atoms with Gasteiger partial charge in [0.1, 0.15) is 10.3 Å². The number of hydrogen-bond acceptors (Lipinski definition) is 3. The van der Waals surface area contributed by atoms with Crippen molar-refractivity contribution < 1.29 is 4.79 Å². The van der Waals surface area contributed by atoms with Crippen molar-refractivity contribution in [1.82, 2.24) is 14.8 Å². The summed E-state index contributed by atoms with van der Waals surface area (Å²) in [5, 5.41) is 0. The maximum absolute atomic E-state index is 11.3. The number of pyridine rings is 1. The van der Waals surface area contributed by atoms with Crippen molar-refractivity contribution in [2.45, 2.75) is 0 Å². The molecular formula is C8H7BrN4O. The monoisotopic (exact) mass is 254 g/mol. The Morgan fingerprint density at radius 3 is 3.00 bits per heavy atom. The van der Waals surface area contributed by atoms with Crippen LogP contribution in [0.3, 0.4) is 0 Å². The lowest BCUT2D eigenvalue weighted by Gasteiger charge is -1.94. The van der Waals surface area contributed by atoms with Crippen molar-refractivity contribution in [3.63, 3.8) is 0 Å². The van der Waals surface area contributed by atoms with Gasteiger partial charge in [0.15, 0.2) is 5.69 Å². The average Bonchev–Trinajstić information content (AvgIpc) is 2.56. The minimum atomic E-state index is -0.416. The minimum absolute atomic E-state index is 0.277. The first kappa shape index (κ1) is 9.17. The van der Waals surface area contributed by atoms with Gasteiger partial charge in [0, 0.05) is 6.20 Å². The Balaban J connectivity index is 2.68. The third-order valence-corrected chi connectivity index (χ3v) is 2.58.